The molecular weight excluding hydrogens is 294 g/mol. The second-order valence-corrected chi connectivity index (χ2v) is 7.02. The van der Waals surface area contributed by atoms with Gasteiger partial charge < -0.3 is 4.90 Å². The van der Waals surface area contributed by atoms with E-state index in [1.54, 1.807) is 4.90 Å². The number of β-lactam (4-membered cyclic amide) rings is 1. The van der Waals surface area contributed by atoms with Crippen molar-refractivity contribution in [1.82, 2.24) is 4.90 Å². The molecule has 1 aliphatic rings. The maximum atomic E-state index is 12.9. The molecule has 22 heavy (non-hydrogen) atoms. The fraction of sp³-hybridized carbons (Fsp3) is 0.278. The van der Waals surface area contributed by atoms with Crippen LogP contribution < -0.4 is 0 Å². The van der Waals surface area contributed by atoms with Crippen LogP contribution in [0.1, 0.15) is 18.9 Å². The maximum absolute atomic E-state index is 12.9. The Balaban J connectivity index is 1.83. The van der Waals surface area contributed by atoms with Gasteiger partial charge in [-0.3, -0.25) is 9.00 Å². The molecule has 1 heterocycles. The molecule has 0 aliphatic carbocycles. The molecule has 2 aromatic carbocycles. The lowest BCUT2D eigenvalue weighted by molar-refractivity contribution is -0.151. The van der Waals surface area contributed by atoms with Gasteiger partial charge >= 0.3 is 0 Å². The molecular formula is C18H19NO2S. The van der Waals surface area contributed by atoms with Gasteiger partial charge in [0, 0.05) is 11.4 Å². The minimum absolute atomic E-state index is 0.112. The topological polar surface area (TPSA) is 37.4 Å². The second kappa shape index (κ2) is 6.44. The number of carbonyl (C=O) groups is 1. The minimum atomic E-state index is -1.19. The number of amides is 1. The van der Waals surface area contributed by atoms with Crippen molar-refractivity contribution >= 4 is 16.7 Å². The Hall–Kier alpha value is -1.94. The van der Waals surface area contributed by atoms with Crippen LogP contribution in [0.4, 0.5) is 0 Å². The van der Waals surface area contributed by atoms with Gasteiger partial charge in [0.2, 0.25) is 5.91 Å². The number of likely N-dealkylation sites (tertiary alicyclic amines) is 1. The van der Waals surface area contributed by atoms with Crippen molar-refractivity contribution in [3.63, 3.8) is 0 Å². The predicted molar refractivity (Wildman–Crippen MR) is 87.4 cm³/mol. The zero-order valence-electron chi connectivity index (χ0n) is 12.5. The average molecular weight is 313 g/mol. The van der Waals surface area contributed by atoms with E-state index in [9.17, 15) is 9.00 Å². The summed E-state index contributed by atoms with van der Waals surface area (Å²) in [5, 5.41) is -0.222. The standard InChI is InChI=1S/C18H19NO2S/c1-2-16-17(20)19(13-14-9-5-3-6-10-14)18(16)22(21)15-11-7-4-8-12-15/h3-12,16,18H,2,13H2,1H3. The van der Waals surface area contributed by atoms with Crippen LogP contribution in [0.2, 0.25) is 0 Å². The van der Waals surface area contributed by atoms with Crippen molar-refractivity contribution in [2.75, 3.05) is 0 Å². The number of hydrogen-bond acceptors (Lipinski definition) is 2. The van der Waals surface area contributed by atoms with Crippen LogP contribution in [0.3, 0.4) is 0 Å². The zero-order chi connectivity index (χ0) is 15.5. The Labute approximate surface area is 133 Å². The first kappa shape index (κ1) is 15.0. The molecule has 3 nitrogen and oxygen atoms in total. The molecule has 3 unspecified atom stereocenters. The second-order valence-electron chi connectivity index (χ2n) is 5.47. The number of rotatable bonds is 5. The van der Waals surface area contributed by atoms with Gasteiger partial charge in [-0.2, -0.15) is 0 Å². The first-order valence-corrected chi connectivity index (χ1v) is 8.73. The molecule has 3 atom stereocenters. The van der Waals surface area contributed by atoms with Crippen molar-refractivity contribution in [2.24, 2.45) is 5.92 Å². The molecule has 4 heteroatoms. The lowest BCUT2D eigenvalue weighted by Gasteiger charge is -2.46. The highest BCUT2D eigenvalue weighted by atomic mass is 32.2. The number of carbonyl (C=O) groups excluding carboxylic acids is 1. The van der Waals surface area contributed by atoms with E-state index < -0.39 is 10.8 Å². The van der Waals surface area contributed by atoms with Crippen LogP contribution in [0, 0.1) is 5.92 Å². The lowest BCUT2D eigenvalue weighted by Crippen LogP contribution is -2.61. The molecule has 0 spiro atoms. The Morgan fingerprint density at radius 1 is 1.00 bits per heavy atom. The van der Waals surface area contributed by atoms with E-state index in [-0.39, 0.29) is 17.2 Å². The van der Waals surface area contributed by atoms with Crippen LogP contribution in [0.15, 0.2) is 65.6 Å². The molecule has 0 radical (unpaired) electrons. The molecule has 2 aromatic rings. The number of hydrogen-bond donors (Lipinski definition) is 0. The Bertz CT molecular complexity index is 672. The third kappa shape index (κ3) is 2.71. The average Bonchev–Trinajstić information content (AvgIpc) is 2.58. The highest BCUT2D eigenvalue weighted by molar-refractivity contribution is 7.85. The highest BCUT2D eigenvalue weighted by Gasteiger charge is 2.49. The fourth-order valence-electron chi connectivity index (χ4n) is 2.88. The van der Waals surface area contributed by atoms with Gasteiger partial charge in [-0.05, 0) is 24.1 Å². The summed E-state index contributed by atoms with van der Waals surface area (Å²) in [6.07, 6.45) is 0.730. The highest BCUT2D eigenvalue weighted by Crippen LogP contribution is 2.35. The SMILES string of the molecule is CCC1C(=O)N(Cc2ccccc2)C1S(=O)c1ccccc1. The first-order valence-electron chi connectivity index (χ1n) is 7.52. The van der Waals surface area contributed by atoms with E-state index in [2.05, 4.69) is 0 Å². The molecule has 1 fully saturated rings. The lowest BCUT2D eigenvalue weighted by atomic mass is 9.94. The number of nitrogens with zero attached hydrogens (tertiary/aromatic N) is 1. The van der Waals surface area contributed by atoms with E-state index in [1.165, 1.54) is 0 Å². The van der Waals surface area contributed by atoms with Gasteiger partial charge in [0.05, 0.1) is 16.7 Å². The molecule has 114 valence electrons. The van der Waals surface area contributed by atoms with Gasteiger partial charge in [-0.25, -0.2) is 0 Å². The summed E-state index contributed by atoms with van der Waals surface area (Å²) in [6, 6.07) is 19.3. The van der Waals surface area contributed by atoms with Crippen molar-refractivity contribution in [2.45, 2.75) is 30.2 Å². The summed E-state index contributed by atoms with van der Waals surface area (Å²) in [5.74, 6) is -0.0228. The van der Waals surface area contributed by atoms with E-state index in [0.717, 1.165) is 16.9 Å². The third-order valence-electron chi connectivity index (χ3n) is 4.08. The minimum Gasteiger partial charge on any atom is -0.322 e. The molecule has 1 aliphatic heterocycles. The number of benzene rings is 2. The monoisotopic (exact) mass is 313 g/mol. The Morgan fingerprint density at radius 2 is 1.59 bits per heavy atom. The van der Waals surface area contributed by atoms with Gasteiger partial charge in [0.25, 0.3) is 0 Å². The van der Waals surface area contributed by atoms with E-state index in [1.807, 2.05) is 67.6 Å². The van der Waals surface area contributed by atoms with Crippen LogP contribution in [0.25, 0.3) is 0 Å². The first-order chi connectivity index (χ1) is 10.7. The summed E-state index contributed by atoms with van der Waals surface area (Å²) < 4.78 is 12.9. The van der Waals surface area contributed by atoms with Crippen molar-refractivity contribution in [3.8, 4) is 0 Å². The van der Waals surface area contributed by atoms with Gasteiger partial charge in [0.1, 0.15) is 5.37 Å². The summed E-state index contributed by atoms with van der Waals surface area (Å²) in [4.78, 5) is 14.9. The van der Waals surface area contributed by atoms with Crippen LogP contribution in [-0.2, 0) is 22.1 Å². The maximum Gasteiger partial charge on any atom is 0.230 e. The Kier molecular flexibility index (Phi) is 4.39. The fourth-order valence-corrected chi connectivity index (χ4v) is 4.60. The van der Waals surface area contributed by atoms with Crippen LogP contribution >= 0.6 is 0 Å². The molecule has 3 rings (SSSR count). The summed E-state index contributed by atoms with van der Waals surface area (Å²) in [5.41, 5.74) is 1.07. The summed E-state index contributed by atoms with van der Waals surface area (Å²) in [6.45, 7) is 2.51. The molecule has 0 aromatic heterocycles. The van der Waals surface area contributed by atoms with E-state index in [0.29, 0.717) is 6.54 Å². The quantitative estimate of drug-likeness (QED) is 0.795. The van der Waals surface area contributed by atoms with Crippen molar-refractivity contribution in [3.05, 3.63) is 66.2 Å². The van der Waals surface area contributed by atoms with Crippen LogP contribution in [-0.4, -0.2) is 20.4 Å². The Morgan fingerprint density at radius 3 is 2.18 bits per heavy atom. The van der Waals surface area contributed by atoms with Gasteiger partial charge in [-0.1, -0.05) is 55.5 Å². The molecule has 1 amide bonds. The van der Waals surface area contributed by atoms with Crippen molar-refractivity contribution < 1.29 is 9.00 Å². The van der Waals surface area contributed by atoms with Crippen LogP contribution in [0.5, 0.6) is 0 Å². The zero-order valence-corrected chi connectivity index (χ0v) is 13.3. The predicted octanol–water partition coefficient (Wildman–Crippen LogP) is 3.19. The molecule has 0 bridgehead atoms. The van der Waals surface area contributed by atoms with Gasteiger partial charge in [-0.15, -0.1) is 0 Å². The van der Waals surface area contributed by atoms with Crippen molar-refractivity contribution in [1.29, 1.82) is 0 Å². The van der Waals surface area contributed by atoms with E-state index >= 15 is 0 Å². The summed E-state index contributed by atoms with van der Waals surface area (Å²) >= 11 is 0. The third-order valence-corrected chi connectivity index (χ3v) is 5.84. The normalized spacial score (nSPS) is 22.2. The molecule has 1 saturated heterocycles. The molecule has 0 saturated carbocycles. The van der Waals surface area contributed by atoms with Gasteiger partial charge in [0.15, 0.2) is 0 Å². The largest absolute Gasteiger partial charge is 0.322 e. The summed E-state index contributed by atoms with van der Waals surface area (Å²) in [7, 11) is -1.19. The van der Waals surface area contributed by atoms with E-state index in [4.69, 9.17) is 0 Å². The smallest absolute Gasteiger partial charge is 0.230 e. The molecule has 0 N–H and O–H groups in total.